The van der Waals surface area contributed by atoms with Crippen molar-refractivity contribution in [1.29, 1.82) is 0 Å². The standard InChI is InChI=1S/C46H30N10O22S6/c47-25-9-11-27(49-53-31-15-19(79(61,62)63)7-13-33(31)81(67,68)69)23-17-35(83(73,74)75)41(45(59)37(23)25)55-51-29-5-1-3-21-39(29)44(58)22-4-2-6-30(40(22)43(21)57)52-56-42-36(84(76,77)78)18-24-28(12-10-26(48)38(24)46(42)60)50-54-32-16-20(80(64,65)66)8-14-34(32)82(70,71)72/h1-18,59-60H,47-48H2,(H,61,62,63)(H,64,65,66)(H,67,68,69)(H,70,71,72)(H,73,74,75)(H,76,77,78). The molecule has 0 fully saturated rings. The Morgan fingerprint density at radius 2 is 0.655 bits per heavy atom. The molecule has 0 aromatic heterocycles. The maximum Gasteiger partial charge on any atom is 0.296 e. The topological polar surface area (TPSA) is 552 Å². The molecule has 0 saturated carbocycles. The predicted octanol–water partition coefficient (Wildman–Crippen LogP) is 8.49. The number of nitrogen functional groups attached to an aromatic ring is 2. The molecule has 0 saturated heterocycles. The van der Waals surface area contributed by atoms with Crippen molar-refractivity contribution in [1.82, 2.24) is 0 Å². The number of carbonyl (C=O) groups is 2. The lowest BCUT2D eigenvalue weighted by molar-refractivity contribution is 0.0980. The monoisotopic (exact) mass is 1270 g/mol. The number of nitrogens with two attached hydrogens (primary N) is 2. The molecule has 0 heterocycles. The SMILES string of the molecule is Nc1ccc(N=Nc2cc(S(=O)(=O)O)ccc2S(=O)(=O)O)c2cc(S(=O)(=O)O)c(N=Nc3cccc4c3C(=O)c3cccc(N=Nc5c(S(=O)(=O)O)cc6c(N=Nc7cc(S(=O)(=O)O)ccc7S(=O)(=O)O)ccc(N)c6c5O)c3C4=O)c(O)c12. The first-order chi connectivity index (χ1) is 39.0. The summed E-state index contributed by atoms with van der Waals surface area (Å²) in [5.74, 6) is -4.17. The van der Waals surface area contributed by atoms with Gasteiger partial charge < -0.3 is 21.7 Å². The number of hydrogen-bond acceptors (Lipinski definition) is 26. The van der Waals surface area contributed by atoms with E-state index in [9.17, 15) is 97.6 Å². The van der Waals surface area contributed by atoms with Crippen molar-refractivity contribution in [3.05, 3.63) is 131 Å². The summed E-state index contributed by atoms with van der Waals surface area (Å²) < 4.78 is 206. The van der Waals surface area contributed by atoms with Gasteiger partial charge in [-0.3, -0.25) is 36.9 Å². The Morgan fingerprint density at radius 1 is 0.333 bits per heavy atom. The third-order valence-electron chi connectivity index (χ3n) is 12.1. The minimum Gasteiger partial charge on any atom is -0.505 e. The van der Waals surface area contributed by atoms with E-state index < -0.39 is 202 Å². The van der Waals surface area contributed by atoms with E-state index in [0.717, 1.165) is 48.5 Å². The summed E-state index contributed by atoms with van der Waals surface area (Å²) in [6.07, 6.45) is 0. The maximum atomic E-state index is 14.4. The van der Waals surface area contributed by atoms with Crippen LogP contribution in [0.15, 0.2) is 179 Å². The van der Waals surface area contributed by atoms with Crippen LogP contribution in [0.2, 0.25) is 0 Å². The second kappa shape index (κ2) is 20.8. The van der Waals surface area contributed by atoms with E-state index in [2.05, 4.69) is 40.9 Å². The van der Waals surface area contributed by atoms with Crippen molar-refractivity contribution in [2.75, 3.05) is 11.5 Å². The average molecular weight is 1270 g/mol. The van der Waals surface area contributed by atoms with E-state index in [1.54, 1.807) is 0 Å². The molecule has 0 spiro atoms. The Morgan fingerprint density at radius 3 is 0.976 bits per heavy atom. The summed E-state index contributed by atoms with van der Waals surface area (Å²) in [5.41, 5.74) is 4.37. The van der Waals surface area contributed by atoms with Gasteiger partial charge >= 0.3 is 0 Å². The summed E-state index contributed by atoms with van der Waals surface area (Å²) in [6, 6.07) is 16.0. The zero-order valence-corrected chi connectivity index (χ0v) is 45.8. The highest BCUT2D eigenvalue weighted by Gasteiger charge is 2.35. The normalized spacial score (nSPS) is 13.7. The molecule has 0 aliphatic heterocycles. The lowest BCUT2D eigenvalue weighted by Gasteiger charge is -2.19. The van der Waals surface area contributed by atoms with Gasteiger partial charge in [0.05, 0.1) is 54.4 Å². The molecule has 0 bridgehead atoms. The zero-order chi connectivity index (χ0) is 61.6. The number of phenolic OH excluding ortho intramolecular Hbond substituents is 2. The van der Waals surface area contributed by atoms with Crippen molar-refractivity contribution in [2.45, 2.75) is 29.4 Å². The summed E-state index contributed by atoms with van der Waals surface area (Å²) in [4.78, 5) is 22.6. The number of carbonyl (C=O) groups excluding carboxylic acids is 2. The van der Waals surface area contributed by atoms with Gasteiger partial charge in [-0.15, -0.1) is 40.9 Å². The fourth-order valence-corrected chi connectivity index (χ4v) is 11.9. The van der Waals surface area contributed by atoms with Crippen molar-refractivity contribution in [3.63, 3.8) is 0 Å². The molecule has 432 valence electrons. The zero-order valence-electron chi connectivity index (χ0n) is 40.9. The smallest absolute Gasteiger partial charge is 0.296 e. The van der Waals surface area contributed by atoms with Crippen LogP contribution in [0.1, 0.15) is 31.8 Å². The van der Waals surface area contributed by atoms with Crippen LogP contribution in [0.3, 0.4) is 0 Å². The number of aromatic hydroxyl groups is 2. The molecule has 0 unspecified atom stereocenters. The molecule has 38 heteroatoms. The number of fused-ring (bicyclic) bond motifs is 4. The van der Waals surface area contributed by atoms with E-state index in [1.165, 1.54) is 12.1 Å². The van der Waals surface area contributed by atoms with Crippen LogP contribution in [0, 0.1) is 0 Å². The molecule has 9 rings (SSSR count). The molecule has 12 N–H and O–H groups in total. The minimum absolute atomic E-state index is 0.316. The van der Waals surface area contributed by atoms with Gasteiger partial charge in [-0.1, -0.05) is 24.3 Å². The molecule has 1 aliphatic rings. The van der Waals surface area contributed by atoms with Crippen molar-refractivity contribution in [3.8, 4) is 11.5 Å². The molecule has 0 radical (unpaired) electrons. The highest BCUT2D eigenvalue weighted by Crippen LogP contribution is 2.50. The first-order valence-electron chi connectivity index (χ1n) is 22.3. The molecular formula is C46H30N10O22S6. The van der Waals surface area contributed by atoms with E-state index in [1.807, 2.05) is 0 Å². The number of ketones is 2. The summed E-state index contributed by atoms with van der Waals surface area (Å²) in [7, 11) is -31.1. The lowest BCUT2D eigenvalue weighted by atomic mass is 9.82. The van der Waals surface area contributed by atoms with Crippen LogP contribution >= 0.6 is 0 Å². The van der Waals surface area contributed by atoms with Crippen LogP contribution in [-0.4, -0.2) is 99.6 Å². The number of anilines is 2. The van der Waals surface area contributed by atoms with Gasteiger partial charge in [0.15, 0.2) is 23.1 Å². The van der Waals surface area contributed by atoms with Crippen LogP contribution in [0.4, 0.5) is 56.9 Å². The second-order valence-electron chi connectivity index (χ2n) is 17.3. The van der Waals surface area contributed by atoms with Gasteiger partial charge in [-0.05, 0) is 84.9 Å². The van der Waals surface area contributed by atoms with Crippen molar-refractivity contribution in [2.24, 2.45) is 40.9 Å². The predicted molar refractivity (Wildman–Crippen MR) is 288 cm³/mol. The Balaban J connectivity index is 1.10. The molecule has 8 aromatic rings. The fourth-order valence-electron chi connectivity index (χ4n) is 8.40. The van der Waals surface area contributed by atoms with E-state index >= 15 is 0 Å². The van der Waals surface area contributed by atoms with Crippen molar-refractivity contribution < 1.29 is 97.6 Å². The fraction of sp³-hybridized carbons (Fsp3) is 0. The van der Waals surface area contributed by atoms with Gasteiger partial charge in [-0.25, -0.2) is 0 Å². The van der Waals surface area contributed by atoms with Crippen LogP contribution in [0.25, 0.3) is 21.5 Å². The number of nitrogens with zero attached hydrogens (tertiary/aromatic N) is 8. The number of phenols is 2. The molecule has 32 nitrogen and oxygen atoms in total. The molecule has 0 atom stereocenters. The highest BCUT2D eigenvalue weighted by molar-refractivity contribution is 7.87. The third kappa shape index (κ3) is 11.2. The Bertz CT molecular complexity index is 4850. The van der Waals surface area contributed by atoms with Crippen LogP contribution < -0.4 is 11.5 Å². The molecule has 1 aliphatic carbocycles. The lowest BCUT2D eigenvalue weighted by Crippen LogP contribution is -2.21. The minimum atomic E-state index is -5.45. The first-order valence-corrected chi connectivity index (χ1v) is 30.9. The Labute approximate surface area is 470 Å². The summed E-state index contributed by atoms with van der Waals surface area (Å²) in [5, 5.41) is 51.9. The number of rotatable bonds is 14. The Kier molecular flexibility index (Phi) is 14.7. The van der Waals surface area contributed by atoms with Gasteiger partial charge in [0.25, 0.3) is 60.7 Å². The van der Waals surface area contributed by atoms with E-state index in [4.69, 9.17) is 11.5 Å². The number of hydrogen-bond donors (Lipinski definition) is 10. The molecule has 0 amide bonds. The maximum absolute atomic E-state index is 14.4. The van der Waals surface area contributed by atoms with Gasteiger partial charge in [0.1, 0.15) is 42.3 Å². The largest absolute Gasteiger partial charge is 0.505 e. The van der Waals surface area contributed by atoms with Gasteiger partial charge in [0.2, 0.25) is 0 Å². The van der Waals surface area contributed by atoms with E-state index in [-0.39, 0.29) is 11.4 Å². The highest BCUT2D eigenvalue weighted by atomic mass is 32.2. The van der Waals surface area contributed by atoms with E-state index in [0.29, 0.717) is 48.5 Å². The Hall–Kier alpha value is -9.32. The average Bonchev–Trinajstić information content (AvgIpc) is 2.42. The second-order valence-corrected chi connectivity index (χ2v) is 25.7. The van der Waals surface area contributed by atoms with Crippen LogP contribution in [-0.2, 0) is 60.7 Å². The van der Waals surface area contributed by atoms with Gasteiger partial charge in [-0.2, -0.15) is 50.5 Å². The number of azo groups is 4. The third-order valence-corrected chi connectivity index (χ3v) is 17.3. The number of benzene rings is 8. The first kappa shape index (κ1) is 59.3. The molecule has 8 aromatic carbocycles. The summed E-state index contributed by atoms with van der Waals surface area (Å²) in [6.45, 7) is 0. The van der Waals surface area contributed by atoms with Crippen LogP contribution in [0.5, 0.6) is 11.5 Å². The summed E-state index contributed by atoms with van der Waals surface area (Å²) >= 11 is 0. The van der Waals surface area contributed by atoms with Crippen molar-refractivity contribution >= 4 is 151 Å². The van der Waals surface area contributed by atoms with Gasteiger partial charge in [0, 0.05) is 33.3 Å². The molecule has 84 heavy (non-hydrogen) atoms. The molecular weight excluding hydrogens is 1240 g/mol. The quantitative estimate of drug-likeness (QED) is 0.0277.